The van der Waals surface area contributed by atoms with Crippen LogP contribution in [0.5, 0.6) is 0 Å². The largest absolute Gasteiger partial charge is 0.478 e. The molecule has 3 aromatic carbocycles. The highest BCUT2D eigenvalue weighted by Crippen LogP contribution is 2.36. The summed E-state index contributed by atoms with van der Waals surface area (Å²) < 4.78 is 0. The lowest BCUT2D eigenvalue weighted by Crippen LogP contribution is -2.10. The van der Waals surface area contributed by atoms with Gasteiger partial charge < -0.3 is 10.0 Å². The van der Waals surface area contributed by atoms with Crippen molar-refractivity contribution in [2.75, 3.05) is 4.90 Å². The highest BCUT2D eigenvalue weighted by molar-refractivity contribution is 5.89. The SMILES string of the molecule is O=C(O)c1ccc(N(c2ccc(-c3ccncc3)cc2)c2ccc(-c3ccncc3)cc2)cc1. The van der Waals surface area contributed by atoms with Crippen LogP contribution in [0.15, 0.2) is 122 Å². The molecule has 0 aliphatic carbocycles. The Morgan fingerprint density at radius 3 is 1.18 bits per heavy atom. The number of carbonyl (C=O) groups is 1. The summed E-state index contributed by atoms with van der Waals surface area (Å²) in [4.78, 5) is 21.6. The molecule has 34 heavy (non-hydrogen) atoms. The Hall–Kier alpha value is -4.77. The number of rotatable bonds is 6. The van der Waals surface area contributed by atoms with Crippen LogP contribution in [-0.2, 0) is 0 Å². The van der Waals surface area contributed by atoms with Crippen molar-refractivity contribution in [1.29, 1.82) is 0 Å². The zero-order valence-electron chi connectivity index (χ0n) is 18.2. The van der Waals surface area contributed by atoms with Crippen molar-refractivity contribution in [3.63, 3.8) is 0 Å². The predicted octanol–water partition coefficient (Wildman–Crippen LogP) is 6.98. The van der Waals surface area contributed by atoms with Gasteiger partial charge in [-0.1, -0.05) is 24.3 Å². The molecule has 0 spiro atoms. The molecule has 0 fully saturated rings. The van der Waals surface area contributed by atoms with Crippen LogP contribution in [-0.4, -0.2) is 21.0 Å². The molecule has 0 saturated carbocycles. The summed E-state index contributed by atoms with van der Waals surface area (Å²) in [6, 6.07) is 31.4. The second-order valence-corrected chi connectivity index (χ2v) is 7.75. The number of aromatic carboxylic acids is 1. The maximum absolute atomic E-state index is 11.3. The maximum atomic E-state index is 11.3. The monoisotopic (exact) mass is 443 g/mol. The van der Waals surface area contributed by atoms with Gasteiger partial charge in [-0.05, 0) is 95.1 Å². The highest BCUT2D eigenvalue weighted by atomic mass is 16.4. The molecule has 0 aliphatic rings. The van der Waals surface area contributed by atoms with Crippen molar-refractivity contribution < 1.29 is 9.90 Å². The third-order valence-corrected chi connectivity index (χ3v) is 5.65. The Labute approximate surface area is 197 Å². The van der Waals surface area contributed by atoms with Crippen molar-refractivity contribution in [3.05, 3.63) is 127 Å². The predicted molar refractivity (Wildman–Crippen MR) is 135 cm³/mol. The van der Waals surface area contributed by atoms with E-state index in [1.807, 2.05) is 36.4 Å². The van der Waals surface area contributed by atoms with Crippen LogP contribution in [0, 0.1) is 0 Å². The number of pyridine rings is 2. The first-order valence-corrected chi connectivity index (χ1v) is 10.8. The van der Waals surface area contributed by atoms with E-state index >= 15 is 0 Å². The summed E-state index contributed by atoms with van der Waals surface area (Å²) in [5.74, 6) is -0.943. The third-order valence-electron chi connectivity index (χ3n) is 5.65. The van der Waals surface area contributed by atoms with Crippen LogP contribution in [0.25, 0.3) is 22.3 Å². The molecule has 5 heteroatoms. The number of carboxylic acid groups (broad SMARTS) is 1. The van der Waals surface area contributed by atoms with E-state index in [1.54, 1.807) is 36.9 Å². The van der Waals surface area contributed by atoms with E-state index in [4.69, 9.17) is 0 Å². The first-order valence-electron chi connectivity index (χ1n) is 10.8. The van der Waals surface area contributed by atoms with Crippen LogP contribution in [0.2, 0.25) is 0 Å². The molecule has 0 unspecified atom stereocenters. The van der Waals surface area contributed by atoms with E-state index in [0.29, 0.717) is 0 Å². The summed E-state index contributed by atoms with van der Waals surface area (Å²) in [6.45, 7) is 0. The molecule has 0 radical (unpaired) electrons. The fraction of sp³-hybridized carbons (Fsp3) is 0. The number of anilines is 3. The molecule has 5 aromatic rings. The summed E-state index contributed by atoms with van der Waals surface area (Å²) in [5, 5.41) is 9.30. The van der Waals surface area contributed by atoms with E-state index in [0.717, 1.165) is 39.3 Å². The molecule has 5 rings (SSSR count). The van der Waals surface area contributed by atoms with Gasteiger partial charge in [-0.15, -0.1) is 0 Å². The lowest BCUT2D eigenvalue weighted by atomic mass is 10.0. The summed E-state index contributed by atoms with van der Waals surface area (Å²) >= 11 is 0. The minimum atomic E-state index is -0.943. The molecular weight excluding hydrogens is 422 g/mol. The van der Waals surface area contributed by atoms with Gasteiger partial charge in [0.25, 0.3) is 0 Å². The van der Waals surface area contributed by atoms with Gasteiger partial charge in [-0.2, -0.15) is 0 Å². The molecule has 0 bridgehead atoms. The van der Waals surface area contributed by atoms with Gasteiger partial charge in [0.1, 0.15) is 0 Å². The standard InChI is InChI=1S/C29H21N3O2/c33-29(34)25-5-11-28(12-6-25)32(26-7-1-21(2-8-26)23-13-17-30-18-14-23)27-9-3-22(4-10-27)24-15-19-31-20-16-24/h1-20H,(H,33,34). The molecule has 5 nitrogen and oxygen atoms in total. The molecular formula is C29H21N3O2. The molecule has 0 atom stereocenters. The molecule has 164 valence electrons. The Morgan fingerprint density at radius 2 is 0.824 bits per heavy atom. The van der Waals surface area contributed by atoms with Crippen molar-refractivity contribution in [2.24, 2.45) is 0 Å². The average Bonchev–Trinajstić information content (AvgIpc) is 2.91. The van der Waals surface area contributed by atoms with Crippen molar-refractivity contribution in [3.8, 4) is 22.3 Å². The lowest BCUT2D eigenvalue weighted by molar-refractivity contribution is 0.0697. The Kier molecular flexibility index (Phi) is 5.82. The van der Waals surface area contributed by atoms with E-state index in [9.17, 15) is 9.90 Å². The van der Waals surface area contributed by atoms with Crippen molar-refractivity contribution in [2.45, 2.75) is 0 Å². The maximum Gasteiger partial charge on any atom is 0.335 e. The Bertz CT molecular complexity index is 1300. The zero-order valence-corrected chi connectivity index (χ0v) is 18.2. The third kappa shape index (κ3) is 4.40. The van der Waals surface area contributed by atoms with Gasteiger partial charge >= 0.3 is 5.97 Å². The smallest absolute Gasteiger partial charge is 0.335 e. The molecule has 2 heterocycles. The number of hydrogen-bond donors (Lipinski definition) is 1. The lowest BCUT2D eigenvalue weighted by Gasteiger charge is -2.26. The minimum Gasteiger partial charge on any atom is -0.478 e. The van der Waals surface area contributed by atoms with E-state index in [1.165, 1.54) is 0 Å². The topological polar surface area (TPSA) is 66.3 Å². The van der Waals surface area contributed by atoms with E-state index in [2.05, 4.69) is 63.4 Å². The number of aromatic nitrogens is 2. The Morgan fingerprint density at radius 1 is 0.500 bits per heavy atom. The quantitative estimate of drug-likeness (QED) is 0.307. The summed E-state index contributed by atoms with van der Waals surface area (Å²) in [5.41, 5.74) is 7.46. The van der Waals surface area contributed by atoms with E-state index in [-0.39, 0.29) is 5.56 Å². The molecule has 0 aliphatic heterocycles. The number of hydrogen-bond acceptors (Lipinski definition) is 4. The van der Waals surface area contributed by atoms with Crippen LogP contribution in [0.4, 0.5) is 17.1 Å². The Balaban J connectivity index is 1.54. The fourth-order valence-corrected chi connectivity index (χ4v) is 3.89. The summed E-state index contributed by atoms with van der Waals surface area (Å²) in [7, 11) is 0. The van der Waals surface area contributed by atoms with Gasteiger partial charge in [0.05, 0.1) is 5.56 Å². The fourth-order valence-electron chi connectivity index (χ4n) is 3.89. The van der Waals surface area contributed by atoms with Gasteiger partial charge in [-0.25, -0.2) is 4.79 Å². The van der Waals surface area contributed by atoms with Gasteiger partial charge in [0, 0.05) is 41.8 Å². The van der Waals surface area contributed by atoms with Crippen molar-refractivity contribution >= 4 is 23.0 Å². The second kappa shape index (κ2) is 9.38. The highest BCUT2D eigenvalue weighted by Gasteiger charge is 2.14. The van der Waals surface area contributed by atoms with Crippen LogP contribution in [0.3, 0.4) is 0 Å². The molecule has 0 amide bonds. The van der Waals surface area contributed by atoms with Crippen LogP contribution >= 0.6 is 0 Å². The molecule has 1 N–H and O–H groups in total. The van der Waals surface area contributed by atoms with Crippen LogP contribution < -0.4 is 4.90 Å². The van der Waals surface area contributed by atoms with Crippen molar-refractivity contribution in [1.82, 2.24) is 9.97 Å². The number of benzene rings is 3. The normalized spacial score (nSPS) is 10.6. The van der Waals surface area contributed by atoms with E-state index < -0.39 is 5.97 Å². The van der Waals surface area contributed by atoms with Gasteiger partial charge in [-0.3, -0.25) is 9.97 Å². The summed E-state index contributed by atoms with van der Waals surface area (Å²) in [6.07, 6.45) is 7.13. The second-order valence-electron chi connectivity index (χ2n) is 7.75. The first kappa shape index (κ1) is 21.1. The number of nitrogens with zero attached hydrogens (tertiary/aromatic N) is 3. The first-order chi connectivity index (χ1) is 16.7. The van der Waals surface area contributed by atoms with Crippen LogP contribution in [0.1, 0.15) is 10.4 Å². The average molecular weight is 444 g/mol. The zero-order chi connectivity index (χ0) is 23.3. The molecule has 2 aromatic heterocycles. The number of carboxylic acids is 1. The van der Waals surface area contributed by atoms with Gasteiger partial charge in [0.2, 0.25) is 0 Å². The molecule has 0 saturated heterocycles. The minimum absolute atomic E-state index is 0.254. The van der Waals surface area contributed by atoms with Gasteiger partial charge in [0.15, 0.2) is 0 Å².